The maximum absolute atomic E-state index is 12.1. The molecule has 0 aromatic heterocycles. The molecule has 33 heavy (non-hydrogen) atoms. The van der Waals surface area contributed by atoms with Crippen LogP contribution >= 0.6 is 0 Å². The van der Waals surface area contributed by atoms with Crippen LogP contribution in [0, 0.1) is 26.7 Å². The van der Waals surface area contributed by atoms with Crippen LogP contribution in [0.3, 0.4) is 0 Å². The lowest BCUT2D eigenvalue weighted by Gasteiger charge is -2.30. The molecule has 1 atom stereocenters. The van der Waals surface area contributed by atoms with E-state index >= 15 is 0 Å². The highest BCUT2D eigenvalue weighted by atomic mass is 16.5. The zero-order valence-corrected chi connectivity index (χ0v) is 22.5. The Kier molecular flexibility index (Phi) is 12.3. The molecule has 0 bridgehead atoms. The molecule has 1 aromatic carbocycles. The molecule has 3 heteroatoms. The predicted molar refractivity (Wildman–Crippen MR) is 140 cm³/mol. The largest absolute Gasteiger partial charge is 0.490 e. The molecule has 0 amide bonds. The predicted octanol–water partition coefficient (Wildman–Crippen LogP) is 8.96. The van der Waals surface area contributed by atoms with Crippen molar-refractivity contribution in [2.24, 2.45) is 5.92 Å². The van der Waals surface area contributed by atoms with Gasteiger partial charge in [-0.3, -0.25) is 4.79 Å². The fourth-order valence-corrected chi connectivity index (χ4v) is 5.03. The van der Waals surface area contributed by atoms with E-state index in [1.54, 1.807) is 0 Å². The van der Waals surface area contributed by atoms with Gasteiger partial charge in [-0.25, -0.2) is 0 Å². The summed E-state index contributed by atoms with van der Waals surface area (Å²) in [6.07, 6.45) is 18.6. The number of hydrogen-bond acceptors (Lipinski definition) is 3. The molecule has 0 spiro atoms. The summed E-state index contributed by atoms with van der Waals surface area (Å²) < 4.78 is 12.2. The molecule has 0 aliphatic carbocycles. The molecule has 1 unspecified atom stereocenters. The molecule has 1 aliphatic rings. The fraction of sp³-hybridized carbons (Fsp3) is 0.767. The number of rotatable bonds is 15. The van der Waals surface area contributed by atoms with Gasteiger partial charge < -0.3 is 9.47 Å². The van der Waals surface area contributed by atoms with Crippen molar-refractivity contribution in [3.8, 4) is 11.5 Å². The van der Waals surface area contributed by atoms with Crippen molar-refractivity contribution in [1.29, 1.82) is 0 Å². The number of fused-ring (bicyclic) bond motifs is 1. The molecule has 0 saturated heterocycles. The number of benzene rings is 1. The van der Waals surface area contributed by atoms with Gasteiger partial charge in [-0.05, 0) is 75.5 Å². The molecule has 0 fully saturated rings. The second kappa shape index (κ2) is 14.7. The summed E-state index contributed by atoms with van der Waals surface area (Å²) in [7, 11) is 0. The van der Waals surface area contributed by atoms with Gasteiger partial charge in [0.25, 0.3) is 0 Å². The number of hydrogen-bond donors (Lipinski definition) is 0. The monoisotopic (exact) mass is 458 g/mol. The Morgan fingerprint density at radius 2 is 1.52 bits per heavy atom. The number of carbonyl (C=O) groups is 1. The van der Waals surface area contributed by atoms with E-state index in [1.165, 1.54) is 69.8 Å². The Morgan fingerprint density at radius 3 is 2.12 bits per heavy atom. The van der Waals surface area contributed by atoms with Gasteiger partial charge >= 0.3 is 5.97 Å². The molecule has 0 radical (unpaired) electrons. The fourth-order valence-electron chi connectivity index (χ4n) is 5.03. The normalized spacial score (nSPS) is 15.4. The lowest BCUT2D eigenvalue weighted by molar-refractivity contribution is -0.134. The quantitative estimate of drug-likeness (QED) is 0.149. The SMILES string of the molecule is CCCC(=O)Oc1c(C)c(C)c2c(c1C)CCC(CCCCCCCCCCCC(C)C)O2. The van der Waals surface area contributed by atoms with Crippen molar-refractivity contribution >= 4 is 5.97 Å². The van der Waals surface area contributed by atoms with Crippen LogP contribution < -0.4 is 9.47 Å². The third kappa shape index (κ3) is 8.98. The molecule has 0 saturated carbocycles. The third-order valence-electron chi connectivity index (χ3n) is 7.29. The molecule has 1 aliphatic heterocycles. The van der Waals surface area contributed by atoms with E-state index in [4.69, 9.17) is 9.47 Å². The van der Waals surface area contributed by atoms with Crippen molar-refractivity contribution in [3.63, 3.8) is 0 Å². The number of unbranched alkanes of at least 4 members (excludes halogenated alkanes) is 8. The topological polar surface area (TPSA) is 35.5 Å². The highest BCUT2D eigenvalue weighted by Gasteiger charge is 2.27. The van der Waals surface area contributed by atoms with Crippen molar-refractivity contribution < 1.29 is 14.3 Å². The number of esters is 1. The summed E-state index contributed by atoms with van der Waals surface area (Å²) in [4.78, 5) is 12.1. The van der Waals surface area contributed by atoms with Crippen LogP contribution in [0.15, 0.2) is 0 Å². The minimum atomic E-state index is -0.135. The zero-order chi connectivity index (χ0) is 24.2. The van der Waals surface area contributed by atoms with Crippen LogP contribution in [-0.4, -0.2) is 12.1 Å². The smallest absolute Gasteiger partial charge is 0.311 e. The number of carbonyl (C=O) groups excluding carboxylic acids is 1. The van der Waals surface area contributed by atoms with Gasteiger partial charge in [-0.15, -0.1) is 0 Å². The van der Waals surface area contributed by atoms with E-state index in [1.807, 2.05) is 6.92 Å². The van der Waals surface area contributed by atoms with E-state index in [0.717, 1.165) is 59.8 Å². The zero-order valence-electron chi connectivity index (χ0n) is 22.5. The standard InChI is InChI=1S/C30H50O3/c1-7-17-28(31)33-29-23(4)24(5)30-27(25(29)6)21-20-26(32-30)19-16-14-12-10-8-9-11-13-15-18-22(2)3/h22,26H,7-21H2,1-6H3. The molecule has 1 heterocycles. The van der Waals surface area contributed by atoms with E-state index in [-0.39, 0.29) is 5.97 Å². The van der Waals surface area contributed by atoms with Crippen molar-refractivity contribution in [2.75, 3.05) is 0 Å². The molecule has 2 rings (SSSR count). The van der Waals surface area contributed by atoms with Crippen molar-refractivity contribution in [3.05, 3.63) is 22.3 Å². The van der Waals surface area contributed by atoms with Gasteiger partial charge in [0.2, 0.25) is 0 Å². The summed E-state index contributed by atoms with van der Waals surface area (Å²) >= 11 is 0. The Balaban J connectivity index is 1.72. The molecular weight excluding hydrogens is 408 g/mol. The van der Waals surface area contributed by atoms with Crippen LogP contribution in [-0.2, 0) is 11.2 Å². The van der Waals surface area contributed by atoms with E-state index in [2.05, 4.69) is 34.6 Å². The second-order valence-corrected chi connectivity index (χ2v) is 10.7. The Bertz CT molecular complexity index is 735. The summed E-state index contributed by atoms with van der Waals surface area (Å²) in [5, 5.41) is 0. The van der Waals surface area contributed by atoms with Crippen molar-refractivity contribution in [1.82, 2.24) is 0 Å². The van der Waals surface area contributed by atoms with Gasteiger partial charge in [0.05, 0.1) is 6.10 Å². The Labute approximate surface area is 204 Å². The van der Waals surface area contributed by atoms with E-state index in [9.17, 15) is 4.79 Å². The molecule has 0 N–H and O–H groups in total. The molecule has 1 aromatic rings. The minimum absolute atomic E-state index is 0.135. The highest BCUT2D eigenvalue weighted by Crippen LogP contribution is 2.42. The van der Waals surface area contributed by atoms with Crippen LogP contribution in [0.25, 0.3) is 0 Å². The second-order valence-electron chi connectivity index (χ2n) is 10.7. The first kappa shape index (κ1) is 27.7. The first-order chi connectivity index (χ1) is 15.8. The van der Waals surface area contributed by atoms with Crippen LogP contribution in [0.5, 0.6) is 11.5 Å². The average Bonchev–Trinajstić information content (AvgIpc) is 2.78. The Morgan fingerprint density at radius 1 is 0.909 bits per heavy atom. The van der Waals surface area contributed by atoms with Gasteiger partial charge in [0, 0.05) is 12.0 Å². The van der Waals surface area contributed by atoms with Crippen LogP contribution in [0.1, 0.15) is 133 Å². The third-order valence-corrected chi connectivity index (χ3v) is 7.29. The highest BCUT2D eigenvalue weighted by molar-refractivity contribution is 5.74. The van der Waals surface area contributed by atoms with Gasteiger partial charge in [-0.1, -0.05) is 78.6 Å². The lowest BCUT2D eigenvalue weighted by atomic mass is 9.90. The first-order valence-electron chi connectivity index (χ1n) is 13.8. The lowest BCUT2D eigenvalue weighted by Crippen LogP contribution is -2.24. The van der Waals surface area contributed by atoms with Gasteiger partial charge in [-0.2, -0.15) is 0 Å². The summed E-state index contributed by atoms with van der Waals surface area (Å²) in [6.45, 7) is 12.9. The van der Waals surface area contributed by atoms with E-state index in [0.29, 0.717) is 12.5 Å². The number of ether oxygens (including phenoxy) is 2. The summed E-state index contributed by atoms with van der Waals surface area (Å²) in [5.41, 5.74) is 4.50. The van der Waals surface area contributed by atoms with Gasteiger partial charge in [0.15, 0.2) is 0 Å². The maximum Gasteiger partial charge on any atom is 0.311 e. The maximum atomic E-state index is 12.1. The van der Waals surface area contributed by atoms with Crippen LogP contribution in [0.4, 0.5) is 0 Å². The molecular formula is C30H50O3. The summed E-state index contributed by atoms with van der Waals surface area (Å²) in [6, 6.07) is 0. The molecule has 188 valence electrons. The first-order valence-corrected chi connectivity index (χ1v) is 13.8. The minimum Gasteiger partial charge on any atom is -0.490 e. The van der Waals surface area contributed by atoms with Crippen LogP contribution in [0.2, 0.25) is 0 Å². The van der Waals surface area contributed by atoms with Gasteiger partial charge in [0.1, 0.15) is 11.5 Å². The Hall–Kier alpha value is -1.51. The van der Waals surface area contributed by atoms with E-state index < -0.39 is 0 Å². The molecule has 3 nitrogen and oxygen atoms in total. The van der Waals surface area contributed by atoms with Crippen molar-refractivity contribution in [2.45, 2.75) is 144 Å². The average molecular weight is 459 g/mol. The summed E-state index contributed by atoms with van der Waals surface area (Å²) in [5.74, 6) is 2.53.